The molecule has 1 saturated heterocycles. The predicted octanol–water partition coefficient (Wildman–Crippen LogP) is 1.65. The van der Waals surface area contributed by atoms with Crippen molar-refractivity contribution in [2.24, 2.45) is 0 Å². The van der Waals surface area contributed by atoms with Crippen molar-refractivity contribution >= 4 is 23.8 Å². The van der Waals surface area contributed by atoms with Gasteiger partial charge in [-0.3, -0.25) is 9.59 Å². The first-order valence-electron chi connectivity index (χ1n) is 9.75. The highest BCUT2D eigenvalue weighted by Gasteiger charge is 2.26. The van der Waals surface area contributed by atoms with Crippen LogP contribution in [0.1, 0.15) is 20.7 Å². The maximum atomic E-state index is 13.6. The molecule has 0 bridgehead atoms. The third-order valence-electron chi connectivity index (χ3n) is 4.83. The molecule has 0 unspecified atom stereocenters. The van der Waals surface area contributed by atoms with E-state index in [0.29, 0.717) is 0 Å². The van der Waals surface area contributed by atoms with Crippen LogP contribution in [0.2, 0.25) is 0 Å². The van der Waals surface area contributed by atoms with E-state index in [1.54, 1.807) is 0 Å². The highest BCUT2D eigenvalue weighted by Crippen LogP contribution is 2.10. The predicted molar refractivity (Wildman–Crippen MR) is 107 cm³/mol. The summed E-state index contributed by atoms with van der Waals surface area (Å²) >= 11 is 0. The van der Waals surface area contributed by atoms with Crippen molar-refractivity contribution in [1.82, 2.24) is 9.80 Å². The van der Waals surface area contributed by atoms with Gasteiger partial charge in [0.2, 0.25) is 0 Å². The number of carbonyl (C=O) groups excluding carboxylic acids is 4. The fourth-order valence-corrected chi connectivity index (χ4v) is 3.05. The number of amides is 2. The standard InChI is InChI=1S/C22H20F2N2O6/c23-17-7-3-1-5-15(17)21(29)31-13-19(27)25-9-11-26(12-10-25)20(28)14-32-22(30)16-6-2-4-8-18(16)24/h1-8H,9-14H2. The largest absolute Gasteiger partial charge is 0.452 e. The van der Waals surface area contributed by atoms with Crippen LogP contribution in [0.3, 0.4) is 0 Å². The summed E-state index contributed by atoms with van der Waals surface area (Å²) in [6.45, 7) is -0.374. The molecule has 3 rings (SSSR count). The summed E-state index contributed by atoms with van der Waals surface area (Å²) in [5, 5.41) is 0. The van der Waals surface area contributed by atoms with Gasteiger partial charge in [0, 0.05) is 26.2 Å². The molecule has 8 nitrogen and oxygen atoms in total. The Morgan fingerprint density at radius 1 is 0.656 bits per heavy atom. The number of ether oxygens (including phenoxy) is 2. The molecule has 2 aromatic carbocycles. The Morgan fingerprint density at radius 2 is 1.00 bits per heavy atom. The van der Waals surface area contributed by atoms with Crippen LogP contribution in [0, 0.1) is 11.6 Å². The average molecular weight is 446 g/mol. The Labute approximate surface area is 182 Å². The van der Waals surface area contributed by atoms with E-state index in [1.165, 1.54) is 46.2 Å². The number of halogens is 2. The van der Waals surface area contributed by atoms with Crippen LogP contribution in [-0.2, 0) is 19.1 Å². The van der Waals surface area contributed by atoms with E-state index >= 15 is 0 Å². The fourth-order valence-electron chi connectivity index (χ4n) is 3.05. The zero-order chi connectivity index (χ0) is 23.1. The van der Waals surface area contributed by atoms with Crippen molar-refractivity contribution in [2.75, 3.05) is 39.4 Å². The second kappa shape index (κ2) is 10.5. The van der Waals surface area contributed by atoms with Crippen LogP contribution in [-0.4, -0.2) is 72.9 Å². The molecule has 32 heavy (non-hydrogen) atoms. The number of esters is 2. The second-order valence-corrected chi connectivity index (χ2v) is 6.87. The zero-order valence-electron chi connectivity index (χ0n) is 17.0. The first kappa shape index (κ1) is 22.9. The second-order valence-electron chi connectivity index (χ2n) is 6.87. The van der Waals surface area contributed by atoms with Crippen LogP contribution in [0.4, 0.5) is 8.78 Å². The molecule has 1 fully saturated rings. The Morgan fingerprint density at radius 3 is 1.34 bits per heavy atom. The molecule has 0 N–H and O–H groups in total. The van der Waals surface area contributed by atoms with Crippen LogP contribution in [0.5, 0.6) is 0 Å². The van der Waals surface area contributed by atoms with Crippen LogP contribution in [0.15, 0.2) is 48.5 Å². The number of rotatable bonds is 6. The third-order valence-corrected chi connectivity index (χ3v) is 4.83. The fraction of sp³-hybridized carbons (Fsp3) is 0.273. The van der Waals surface area contributed by atoms with Crippen molar-refractivity contribution in [3.63, 3.8) is 0 Å². The van der Waals surface area contributed by atoms with Crippen molar-refractivity contribution < 1.29 is 37.4 Å². The monoisotopic (exact) mass is 446 g/mol. The van der Waals surface area contributed by atoms with Gasteiger partial charge >= 0.3 is 11.9 Å². The summed E-state index contributed by atoms with van der Waals surface area (Å²) in [4.78, 5) is 51.1. The highest BCUT2D eigenvalue weighted by atomic mass is 19.1. The Hall–Kier alpha value is -3.82. The summed E-state index contributed by atoms with van der Waals surface area (Å²) < 4.78 is 36.9. The number of nitrogens with zero attached hydrogens (tertiary/aromatic N) is 2. The molecule has 2 amide bonds. The van der Waals surface area contributed by atoms with Gasteiger partial charge in [-0.1, -0.05) is 24.3 Å². The summed E-state index contributed by atoms with van der Waals surface area (Å²) in [6.07, 6.45) is 0. The van der Waals surface area contributed by atoms with E-state index in [1.807, 2.05) is 0 Å². The highest BCUT2D eigenvalue weighted by molar-refractivity contribution is 5.92. The minimum Gasteiger partial charge on any atom is -0.452 e. The van der Waals surface area contributed by atoms with Gasteiger partial charge in [-0.2, -0.15) is 0 Å². The first-order chi connectivity index (χ1) is 15.4. The van der Waals surface area contributed by atoms with Gasteiger partial charge in [0.15, 0.2) is 13.2 Å². The molecule has 0 atom stereocenters. The van der Waals surface area contributed by atoms with Crippen LogP contribution < -0.4 is 0 Å². The van der Waals surface area contributed by atoms with E-state index in [2.05, 4.69) is 0 Å². The molecular formula is C22H20F2N2O6. The van der Waals surface area contributed by atoms with Crippen molar-refractivity contribution in [3.05, 3.63) is 71.3 Å². The van der Waals surface area contributed by atoms with Crippen molar-refractivity contribution in [2.45, 2.75) is 0 Å². The summed E-state index contributed by atoms with van der Waals surface area (Å²) in [5.74, 6) is -4.33. The molecule has 0 radical (unpaired) electrons. The van der Waals surface area contributed by atoms with Gasteiger partial charge in [0.25, 0.3) is 11.8 Å². The Balaban J connectivity index is 1.41. The molecule has 1 aliphatic heterocycles. The molecule has 0 spiro atoms. The van der Waals surface area contributed by atoms with E-state index < -0.39 is 48.6 Å². The number of benzene rings is 2. The van der Waals surface area contributed by atoms with Gasteiger partial charge in [-0.15, -0.1) is 0 Å². The minimum atomic E-state index is -0.943. The molecule has 2 aromatic rings. The molecule has 1 heterocycles. The first-order valence-corrected chi connectivity index (χ1v) is 9.75. The zero-order valence-corrected chi connectivity index (χ0v) is 17.0. The SMILES string of the molecule is O=C(OCC(=O)N1CCN(C(=O)COC(=O)c2ccccc2F)CC1)c1ccccc1F. The van der Waals surface area contributed by atoms with E-state index in [-0.39, 0.29) is 37.3 Å². The van der Waals surface area contributed by atoms with Crippen molar-refractivity contribution in [1.29, 1.82) is 0 Å². The quantitative estimate of drug-likeness (QED) is 0.627. The maximum absolute atomic E-state index is 13.6. The van der Waals surface area contributed by atoms with Gasteiger partial charge in [-0.25, -0.2) is 18.4 Å². The van der Waals surface area contributed by atoms with Gasteiger partial charge in [0.05, 0.1) is 11.1 Å². The molecule has 0 saturated carbocycles. The maximum Gasteiger partial charge on any atom is 0.341 e. The normalized spacial score (nSPS) is 13.4. The third kappa shape index (κ3) is 5.65. The summed E-state index contributed by atoms with van der Waals surface area (Å²) in [6, 6.07) is 10.6. The Bertz CT molecular complexity index is 939. The summed E-state index contributed by atoms with van der Waals surface area (Å²) in [7, 11) is 0. The van der Waals surface area contributed by atoms with Gasteiger partial charge in [0.1, 0.15) is 11.6 Å². The molecule has 168 valence electrons. The lowest BCUT2D eigenvalue weighted by Gasteiger charge is -2.34. The molecule has 1 aliphatic rings. The molecule has 0 aliphatic carbocycles. The average Bonchev–Trinajstić information content (AvgIpc) is 2.81. The lowest BCUT2D eigenvalue weighted by molar-refractivity contribution is -0.142. The van der Waals surface area contributed by atoms with Gasteiger partial charge < -0.3 is 19.3 Å². The Kier molecular flexibility index (Phi) is 7.48. The summed E-state index contributed by atoms with van der Waals surface area (Å²) in [5.41, 5.74) is -0.527. The lowest BCUT2D eigenvalue weighted by atomic mass is 10.2. The topological polar surface area (TPSA) is 93.2 Å². The van der Waals surface area contributed by atoms with Crippen LogP contribution >= 0.6 is 0 Å². The van der Waals surface area contributed by atoms with E-state index in [9.17, 15) is 28.0 Å². The minimum absolute atomic E-state index is 0.184. The van der Waals surface area contributed by atoms with Crippen LogP contribution in [0.25, 0.3) is 0 Å². The van der Waals surface area contributed by atoms with Crippen molar-refractivity contribution in [3.8, 4) is 0 Å². The molecule has 10 heteroatoms. The lowest BCUT2D eigenvalue weighted by Crippen LogP contribution is -2.52. The van der Waals surface area contributed by atoms with E-state index in [0.717, 1.165) is 12.1 Å². The number of hydrogen-bond donors (Lipinski definition) is 0. The number of piperazine rings is 1. The smallest absolute Gasteiger partial charge is 0.341 e. The number of hydrogen-bond acceptors (Lipinski definition) is 6. The van der Waals surface area contributed by atoms with Gasteiger partial charge in [-0.05, 0) is 24.3 Å². The molecule has 0 aromatic heterocycles. The number of carbonyl (C=O) groups is 4. The molecular weight excluding hydrogens is 426 g/mol. The van der Waals surface area contributed by atoms with E-state index in [4.69, 9.17) is 9.47 Å².